The summed E-state index contributed by atoms with van der Waals surface area (Å²) in [4.78, 5) is 19.5. The molecule has 3 rings (SSSR count). The third-order valence-corrected chi connectivity index (χ3v) is 4.69. The summed E-state index contributed by atoms with van der Waals surface area (Å²) in [5.74, 6) is 0.826. The number of rotatable bonds is 7. The third kappa shape index (κ3) is 4.03. The second-order valence-corrected chi connectivity index (χ2v) is 6.43. The highest BCUT2D eigenvalue weighted by atomic mass is 32.1. The lowest BCUT2D eigenvalue weighted by molar-refractivity contribution is 0.0721. The van der Waals surface area contributed by atoms with Gasteiger partial charge in [-0.25, -0.2) is 0 Å². The van der Waals surface area contributed by atoms with Crippen molar-refractivity contribution in [3.63, 3.8) is 0 Å². The summed E-state index contributed by atoms with van der Waals surface area (Å²) in [6.07, 6.45) is 1.73. The van der Waals surface area contributed by atoms with E-state index in [-0.39, 0.29) is 5.91 Å². The zero-order valence-electron chi connectivity index (χ0n) is 14.7. The number of nitrogens with zero attached hydrogens (tertiary/aromatic N) is 2. The van der Waals surface area contributed by atoms with Crippen molar-refractivity contribution in [3.8, 4) is 11.5 Å². The lowest BCUT2D eigenvalue weighted by atomic mass is 10.1. The maximum Gasteiger partial charge on any atom is 0.262 e. The van der Waals surface area contributed by atoms with Gasteiger partial charge in [-0.2, -0.15) is 11.3 Å². The van der Waals surface area contributed by atoms with Crippen LogP contribution in [-0.4, -0.2) is 30.0 Å². The molecular weight excluding hydrogens is 348 g/mol. The molecule has 2 aromatic heterocycles. The van der Waals surface area contributed by atoms with Gasteiger partial charge < -0.3 is 14.4 Å². The van der Waals surface area contributed by atoms with Gasteiger partial charge in [0.05, 0.1) is 26.5 Å². The molecule has 2 heterocycles. The van der Waals surface area contributed by atoms with Gasteiger partial charge in [0.1, 0.15) is 17.1 Å². The molecule has 0 radical (unpaired) electrons. The Balaban J connectivity index is 1.97. The minimum atomic E-state index is -0.156. The van der Waals surface area contributed by atoms with Crippen LogP contribution in [0.4, 0.5) is 0 Å². The third-order valence-electron chi connectivity index (χ3n) is 3.96. The highest BCUT2D eigenvalue weighted by molar-refractivity contribution is 7.07. The summed E-state index contributed by atoms with van der Waals surface area (Å²) in [5, 5.41) is 4.04. The van der Waals surface area contributed by atoms with Crippen molar-refractivity contribution < 1.29 is 14.3 Å². The summed E-state index contributed by atoms with van der Waals surface area (Å²) in [7, 11) is 3.10. The van der Waals surface area contributed by atoms with Crippen molar-refractivity contribution in [3.05, 3.63) is 76.2 Å². The van der Waals surface area contributed by atoms with Crippen LogP contribution in [0.5, 0.6) is 11.5 Å². The molecule has 0 fully saturated rings. The van der Waals surface area contributed by atoms with E-state index in [1.165, 1.54) is 0 Å². The van der Waals surface area contributed by atoms with E-state index in [1.807, 2.05) is 35.0 Å². The number of pyridine rings is 1. The van der Waals surface area contributed by atoms with E-state index in [2.05, 4.69) is 4.98 Å². The highest BCUT2D eigenvalue weighted by Gasteiger charge is 2.24. The molecule has 0 atom stereocenters. The molecule has 0 N–H and O–H groups in total. The summed E-state index contributed by atoms with van der Waals surface area (Å²) in [6, 6.07) is 13.0. The predicted molar refractivity (Wildman–Crippen MR) is 102 cm³/mol. The van der Waals surface area contributed by atoms with Crippen LogP contribution < -0.4 is 9.47 Å². The van der Waals surface area contributed by atoms with Crippen LogP contribution in [0.25, 0.3) is 0 Å². The van der Waals surface area contributed by atoms with Gasteiger partial charge in [-0.05, 0) is 46.7 Å². The molecule has 0 saturated carbocycles. The minimum Gasteiger partial charge on any atom is -0.496 e. The van der Waals surface area contributed by atoms with Gasteiger partial charge in [-0.1, -0.05) is 12.1 Å². The van der Waals surface area contributed by atoms with Gasteiger partial charge in [0.25, 0.3) is 5.91 Å². The molecular formula is C20H20N2O3S. The SMILES string of the molecule is COc1cccc(OC)c1C(=O)N(Cc1ccsc1)Cc1ccccn1. The molecule has 6 heteroatoms. The number of hydrogen-bond acceptors (Lipinski definition) is 5. The lowest BCUT2D eigenvalue weighted by Gasteiger charge is -2.24. The maximum absolute atomic E-state index is 13.4. The Bertz CT molecular complexity index is 829. The Morgan fingerprint density at radius 3 is 2.38 bits per heavy atom. The molecule has 1 amide bonds. The molecule has 0 aliphatic heterocycles. The monoisotopic (exact) mass is 368 g/mol. The Hall–Kier alpha value is -2.86. The smallest absolute Gasteiger partial charge is 0.262 e. The number of benzene rings is 1. The fourth-order valence-corrected chi connectivity index (χ4v) is 3.37. The number of methoxy groups -OCH3 is 2. The fourth-order valence-electron chi connectivity index (χ4n) is 2.71. The summed E-state index contributed by atoms with van der Waals surface area (Å²) in [6.45, 7) is 0.886. The molecule has 0 bridgehead atoms. The average molecular weight is 368 g/mol. The Kier molecular flexibility index (Phi) is 5.86. The van der Waals surface area contributed by atoms with Gasteiger partial charge in [-0.15, -0.1) is 0 Å². The van der Waals surface area contributed by atoms with E-state index in [1.54, 1.807) is 54.9 Å². The number of hydrogen-bond donors (Lipinski definition) is 0. The van der Waals surface area contributed by atoms with Crippen molar-refractivity contribution >= 4 is 17.2 Å². The van der Waals surface area contributed by atoms with Crippen molar-refractivity contribution in [1.82, 2.24) is 9.88 Å². The first-order valence-electron chi connectivity index (χ1n) is 8.14. The quantitative estimate of drug-likeness (QED) is 0.632. The van der Waals surface area contributed by atoms with Crippen molar-refractivity contribution in [1.29, 1.82) is 0 Å². The van der Waals surface area contributed by atoms with Gasteiger partial charge >= 0.3 is 0 Å². The van der Waals surface area contributed by atoms with Crippen molar-refractivity contribution in [2.75, 3.05) is 14.2 Å². The second kappa shape index (κ2) is 8.49. The maximum atomic E-state index is 13.4. The van der Waals surface area contributed by atoms with E-state index >= 15 is 0 Å². The number of amides is 1. The molecule has 0 saturated heterocycles. The van der Waals surface area contributed by atoms with Gasteiger partial charge in [-0.3, -0.25) is 9.78 Å². The van der Waals surface area contributed by atoms with Crippen LogP contribution >= 0.6 is 11.3 Å². The van der Waals surface area contributed by atoms with E-state index in [9.17, 15) is 4.79 Å². The minimum absolute atomic E-state index is 0.156. The number of carbonyl (C=O) groups excluding carboxylic acids is 1. The lowest BCUT2D eigenvalue weighted by Crippen LogP contribution is -2.31. The topological polar surface area (TPSA) is 51.7 Å². The molecule has 0 aliphatic carbocycles. The first-order chi connectivity index (χ1) is 12.7. The standard InChI is InChI=1S/C20H20N2O3S/c1-24-17-7-5-8-18(25-2)19(17)20(23)22(12-15-9-11-26-14-15)13-16-6-3-4-10-21-16/h3-11,14H,12-13H2,1-2H3. The van der Waals surface area contributed by atoms with Crippen LogP contribution in [0.2, 0.25) is 0 Å². The first-order valence-corrected chi connectivity index (χ1v) is 9.08. The highest BCUT2D eigenvalue weighted by Crippen LogP contribution is 2.30. The number of ether oxygens (including phenoxy) is 2. The Morgan fingerprint density at radius 1 is 1.04 bits per heavy atom. The molecule has 26 heavy (non-hydrogen) atoms. The molecule has 1 aromatic carbocycles. The van der Waals surface area contributed by atoms with Crippen LogP contribution in [-0.2, 0) is 13.1 Å². The van der Waals surface area contributed by atoms with E-state index in [4.69, 9.17) is 9.47 Å². The largest absolute Gasteiger partial charge is 0.496 e. The zero-order chi connectivity index (χ0) is 18.4. The molecule has 0 aliphatic rings. The molecule has 0 unspecified atom stereocenters. The summed E-state index contributed by atoms with van der Waals surface area (Å²) >= 11 is 1.61. The number of carbonyl (C=O) groups is 1. The molecule has 0 spiro atoms. The fraction of sp³-hybridized carbons (Fsp3) is 0.200. The average Bonchev–Trinajstić information content (AvgIpc) is 3.20. The number of thiophene rings is 1. The van der Waals surface area contributed by atoms with Crippen molar-refractivity contribution in [2.45, 2.75) is 13.1 Å². The zero-order valence-corrected chi connectivity index (χ0v) is 15.5. The van der Waals surface area contributed by atoms with Gasteiger partial charge in [0.2, 0.25) is 0 Å². The van der Waals surface area contributed by atoms with E-state index in [0.717, 1.165) is 11.3 Å². The summed E-state index contributed by atoms with van der Waals surface area (Å²) < 4.78 is 10.8. The number of aromatic nitrogens is 1. The van der Waals surface area contributed by atoms with E-state index in [0.29, 0.717) is 30.2 Å². The van der Waals surface area contributed by atoms with E-state index < -0.39 is 0 Å². The molecule has 5 nitrogen and oxygen atoms in total. The normalized spacial score (nSPS) is 10.4. The Labute approximate surface area is 156 Å². The van der Waals surface area contributed by atoms with Crippen LogP contribution in [0.3, 0.4) is 0 Å². The van der Waals surface area contributed by atoms with Crippen LogP contribution in [0.1, 0.15) is 21.6 Å². The van der Waals surface area contributed by atoms with Crippen LogP contribution in [0.15, 0.2) is 59.4 Å². The summed E-state index contributed by atoms with van der Waals surface area (Å²) in [5.41, 5.74) is 2.32. The second-order valence-electron chi connectivity index (χ2n) is 5.65. The van der Waals surface area contributed by atoms with Gasteiger partial charge in [0, 0.05) is 12.7 Å². The molecule has 3 aromatic rings. The first kappa shape index (κ1) is 17.9. The van der Waals surface area contributed by atoms with Crippen LogP contribution in [0, 0.1) is 0 Å². The predicted octanol–water partition coefficient (Wildman–Crippen LogP) is 4.00. The molecule has 134 valence electrons. The van der Waals surface area contributed by atoms with Gasteiger partial charge in [0.15, 0.2) is 0 Å². The Morgan fingerprint density at radius 2 is 1.81 bits per heavy atom. The van der Waals surface area contributed by atoms with Crippen molar-refractivity contribution in [2.24, 2.45) is 0 Å².